The standard InChI is InChI=1S/C37H69N3O14S/c1-37(2,3)54-36(46)31(40-33(42)17-15-13-11-9-7-5-4-6-8-10-12-14-16-28-55(47,48)49)18-19-32(41)38-20-22-50-24-26-52-29-34(43)39-21-23-51-25-27-53-30-35(44)45/h31H,4-30H2,1-3H3,(H,38,41)(H,39,43)(H,40,42)(H,44,45)(H,47,48,49). The summed E-state index contributed by atoms with van der Waals surface area (Å²) in [5, 5.41) is 16.6. The van der Waals surface area contributed by atoms with E-state index in [1.165, 1.54) is 6.42 Å². The van der Waals surface area contributed by atoms with Gasteiger partial charge in [0.2, 0.25) is 17.7 Å². The van der Waals surface area contributed by atoms with E-state index >= 15 is 0 Å². The Morgan fingerprint density at radius 1 is 0.582 bits per heavy atom. The summed E-state index contributed by atoms with van der Waals surface area (Å²) in [4.78, 5) is 60.0. The van der Waals surface area contributed by atoms with Crippen LogP contribution in [-0.4, -0.2) is 131 Å². The fourth-order valence-corrected chi connectivity index (χ4v) is 5.68. The molecule has 1 unspecified atom stereocenters. The molecule has 0 aromatic rings. The second kappa shape index (κ2) is 33.3. The molecular formula is C37H69N3O14S. The number of aliphatic carboxylic acids is 1. The Balaban J connectivity index is 4.04. The van der Waals surface area contributed by atoms with E-state index in [2.05, 4.69) is 16.0 Å². The van der Waals surface area contributed by atoms with E-state index in [4.69, 9.17) is 33.3 Å². The average Bonchev–Trinajstić information content (AvgIpc) is 3.09. The van der Waals surface area contributed by atoms with Crippen molar-refractivity contribution in [3.8, 4) is 0 Å². The van der Waals surface area contributed by atoms with E-state index in [-0.39, 0.29) is 109 Å². The number of carboxylic acid groups (broad SMARTS) is 1. The average molecular weight is 812 g/mol. The van der Waals surface area contributed by atoms with Gasteiger partial charge in [-0.1, -0.05) is 70.6 Å². The summed E-state index contributed by atoms with van der Waals surface area (Å²) in [6.45, 7) is 6.37. The second-order valence-electron chi connectivity index (χ2n) is 14.2. The van der Waals surface area contributed by atoms with Gasteiger partial charge >= 0.3 is 11.9 Å². The van der Waals surface area contributed by atoms with Gasteiger partial charge in [-0.2, -0.15) is 8.42 Å². The van der Waals surface area contributed by atoms with Crippen LogP contribution in [0.1, 0.15) is 124 Å². The minimum atomic E-state index is -3.84. The van der Waals surface area contributed by atoms with Crippen molar-refractivity contribution in [1.29, 1.82) is 0 Å². The molecule has 1 atom stereocenters. The first kappa shape index (κ1) is 52.1. The number of unbranched alkanes of at least 4 members (excludes halogenated alkanes) is 12. The largest absolute Gasteiger partial charge is 0.480 e. The lowest BCUT2D eigenvalue weighted by molar-refractivity contribution is -0.159. The monoisotopic (exact) mass is 811 g/mol. The number of amides is 3. The van der Waals surface area contributed by atoms with Crippen molar-refractivity contribution < 1.29 is 65.7 Å². The van der Waals surface area contributed by atoms with Crippen molar-refractivity contribution in [2.75, 3.05) is 71.7 Å². The smallest absolute Gasteiger partial charge is 0.329 e. The Labute approximate surface area is 327 Å². The van der Waals surface area contributed by atoms with Crippen molar-refractivity contribution in [2.45, 2.75) is 135 Å². The molecule has 0 saturated carbocycles. The number of rotatable bonds is 37. The molecule has 0 bridgehead atoms. The quantitative estimate of drug-likeness (QED) is 0.0344. The molecule has 18 heteroatoms. The summed E-state index contributed by atoms with van der Waals surface area (Å²) in [5.41, 5.74) is -0.751. The van der Waals surface area contributed by atoms with Gasteiger partial charge in [-0.05, 0) is 40.0 Å². The molecule has 3 amide bonds. The molecule has 0 saturated heterocycles. The molecule has 55 heavy (non-hydrogen) atoms. The Morgan fingerprint density at radius 3 is 1.53 bits per heavy atom. The van der Waals surface area contributed by atoms with Gasteiger partial charge in [0.05, 0.1) is 45.4 Å². The third-order valence-electron chi connectivity index (χ3n) is 7.83. The van der Waals surface area contributed by atoms with Gasteiger partial charge in [-0.15, -0.1) is 0 Å². The van der Waals surface area contributed by atoms with Gasteiger partial charge in [-0.3, -0.25) is 18.9 Å². The highest BCUT2D eigenvalue weighted by atomic mass is 32.2. The third kappa shape index (κ3) is 39.1. The van der Waals surface area contributed by atoms with Crippen LogP contribution in [-0.2, 0) is 57.8 Å². The highest BCUT2D eigenvalue weighted by Crippen LogP contribution is 2.14. The molecule has 0 heterocycles. The molecule has 0 aromatic heterocycles. The molecule has 0 spiro atoms. The number of esters is 1. The summed E-state index contributed by atoms with van der Waals surface area (Å²) in [6.07, 6.45) is 13.3. The molecule has 0 aliphatic heterocycles. The van der Waals surface area contributed by atoms with Crippen LogP contribution in [0.25, 0.3) is 0 Å². The maximum absolute atomic E-state index is 12.8. The summed E-state index contributed by atoms with van der Waals surface area (Å²) in [6, 6.07) is -0.947. The van der Waals surface area contributed by atoms with Gasteiger partial charge in [0.15, 0.2) is 0 Å². The fourth-order valence-electron chi connectivity index (χ4n) is 5.11. The Kier molecular flexibility index (Phi) is 31.5. The molecule has 0 radical (unpaired) electrons. The zero-order valence-corrected chi connectivity index (χ0v) is 34.2. The number of nitrogens with one attached hydrogen (secondary N) is 3. The molecule has 0 aliphatic carbocycles. The van der Waals surface area contributed by atoms with Crippen molar-refractivity contribution >= 4 is 39.8 Å². The second-order valence-corrected chi connectivity index (χ2v) is 15.8. The first-order chi connectivity index (χ1) is 26.1. The Bertz CT molecular complexity index is 1160. The van der Waals surface area contributed by atoms with Crippen LogP contribution in [0.4, 0.5) is 0 Å². The zero-order valence-electron chi connectivity index (χ0n) is 33.4. The lowest BCUT2D eigenvalue weighted by Gasteiger charge is -2.24. The predicted molar refractivity (Wildman–Crippen MR) is 205 cm³/mol. The Morgan fingerprint density at radius 2 is 1.04 bits per heavy atom. The molecule has 17 nitrogen and oxygen atoms in total. The van der Waals surface area contributed by atoms with E-state index in [1.807, 2.05) is 0 Å². The molecule has 0 rings (SSSR count). The van der Waals surface area contributed by atoms with Crippen LogP contribution >= 0.6 is 0 Å². The maximum Gasteiger partial charge on any atom is 0.329 e. The van der Waals surface area contributed by atoms with Gasteiger partial charge < -0.3 is 44.7 Å². The zero-order chi connectivity index (χ0) is 41.2. The van der Waals surface area contributed by atoms with E-state index in [1.54, 1.807) is 20.8 Å². The Hall–Kier alpha value is -2.90. The predicted octanol–water partition coefficient (Wildman–Crippen LogP) is 3.33. The molecule has 0 aromatic carbocycles. The summed E-state index contributed by atoms with van der Waals surface area (Å²) in [7, 11) is -3.84. The number of ether oxygens (including phenoxy) is 5. The first-order valence-electron chi connectivity index (χ1n) is 19.6. The van der Waals surface area contributed by atoms with E-state index in [0.717, 1.165) is 64.2 Å². The normalized spacial score (nSPS) is 12.2. The lowest BCUT2D eigenvalue weighted by atomic mass is 10.0. The number of hydrogen-bond acceptors (Lipinski definition) is 12. The van der Waals surface area contributed by atoms with Crippen LogP contribution in [0, 0.1) is 0 Å². The summed E-state index contributed by atoms with van der Waals surface area (Å²) in [5.74, 6) is -2.68. The van der Waals surface area contributed by atoms with Crippen LogP contribution in [0.3, 0.4) is 0 Å². The van der Waals surface area contributed by atoms with Gasteiger partial charge in [0, 0.05) is 25.9 Å². The molecule has 322 valence electrons. The highest BCUT2D eigenvalue weighted by molar-refractivity contribution is 7.85. The number of carboxylic acids is 1. The van der Waals surface area contributed by atoms with Crippen molar-refractivity contribution in [1.82, 2.24) is 16.0 Å². The third-order valence-corrected chi connectivity index (χ3v) is 8.64. The van der Waals surface area contributed by atoms with E-state index < -0.39 is 33.7 Å². The highest BCUT2D eigenvalue weighted by Gasteiger charge is 2.27. The minimum Gasteiger partial charge on any atom is -0.480 e. The molecule has 0 fully saturated rings. The van der Waals surface area contributed by atoms with Crippen molar-refractivity contribution in [2.24, 2.45) is 0 Å². The summed E-state index contributed by atoms with van der Waals surface area (Å²) < 4.78 is 56.4. The van der Waals surface area contributed by atoms with Gasteiger partial charge in [0.1, 0.15) is 24.9 Å². The van der Waals surface area contributed by atoms with Crippen molar-refractivity contribution in [3.05, 3.63) is 0 Å². The van der Waals surface area contributed by atoms with Gasteiger partial charge in [-0.25, -0.2) is 9.59 Å². The van der Waals surface area contributed by atoms with Crippen LogP contribution in [0.15, 0.2) is 0 Å². The van der Waals surface area contributed by atoms with Crippen LogP contribution in [0.5, 0.6) is 0 Å². The maximum atomic E-state index is 12.8. The van der Waals surface area contributed by atoms with Crippen molar-refractivity contribution in [3.63, 3.8) is 0 Å². The number of hydrogen-bond donors (Lipinski definition) is 5. The van der Waals surface area contributed by atoms with Gasteiger partial charge in [0.25, 0.3) is 10.1 Å². The first-order valence-corrected chi connectivity index (χ1v) is 21.2. The SMILES string of the molecule is CC(C)(C)OC(=O)C(CCC(=O)NCCOCCOCC(=O)NCCOCCOCC(=O)O)NC(=O)CCCCCCCCCCCCCCCS(=O)(=O)O. The molecular weight excluding hydrogens is 742 g/mol. The van der Waals surface area contributed by atoms with Crippen LogP contribution in [0.2, 0.25) is 0 Å². The number of carbonyl (C=O) groups excluding carboxylic acids is 4. The topological polar surface area (TPSA) is 242 Å². The fraction of sp³-hybridized carbons (Fsp3) is 0.865. The van der Waals surface area contributed by atoms with Crippen LogP contribution < -0.4 is 16.0 Å². The van der Waals surface area contributed by atoms with E-state index in [9.17, 15) is 32.4 Å². The number of carbonyl (C=O) groups is 5. The summed E-state index contributed by atoms with van der Waals surface area (Å²) >= 11 is 0. The van der Waals surface area contributed by atoms with E-state index in [0.29, 0.717) is 12.8 Å². The lowest BCUT2D eigenvalue weighted by Crippen LogP contribution is -2.44. The minimum absolute atomic E-state index is 0.00298. The molecule has 5 N–H and O–H groups in total. The molecule has 0 aliphatic rings.